The molecule has 3 rings (SSSR count). The maximum atomic E-state index is 12.6. The van der Waals surface area contributed by atoms with Crippen LogP contribution >= 0.6 is 11.6 Å². The molecular formula is C20H25ClN4O2. The second-order valence-corrected chi connectivity index (χ2v) is 7.08. The highest BCUT2D eigenvalue weighted by Gasteiger charge is 2.21. The first-order chi connectivity index (χ1) is 13.2. The molecule has 2 N–H and O–H groups in total. The van der Waals surface area contributed by atoms with Gasteiger partial charge in [-0.25, -0.2) is 4.98 Å². The number of pyridine rings is 2. The number of ether oxygens (including phenoxy) is 1. The number of hydrogen-bond acceptors (Lipinski definition) is 6. The normalized spacial score (nSPS) is 16.9. The van der Waals surface area contributed by atoms with Gasteiger partial charge in [-0.1, -0.05) is 17.7 Å². The molecule has 0 saturated carbocycles. The Labute approximate surface area is 164 Å². The van der Waals surface area contributed by atoms with Gasteiger partial charge in [-0.3, -0.25) is 9.78 Å². The molecular weight excluding hydrogens is 364 g/mol. The van der Waals surface area contributed by atoms with Gasteiger partial charge >= 0.3 is 0 Å². The number of carbonyl (C=O) groups is 1. The zero-order chi connectivity index (χ0) is 19.1. The van der Waals surface area contributed by atoms with Crippen molar-refractivity contribution in [3.05, 3.63) is 41.2 Å². The molecule has 1 saturated heterocycles. The molecule has 144 valence electrons. The highest BCUT2D eigenvalue weighted by molar-refractivity contribution is 6.33. The Morgan fingerprint density at radius 1 is 1.44 bits per heavy atom. The number of carbonyl (C=O) groups excluding carboxylic acids is 1. The van der Waals surface area contributed by atoms with Gasteiger partial charge in [0, 0.05) is 50.0 Å². The number of anilines is 1. The number of aromatic nitrogens is 2. The van der Waals surface area contributed by atoms with Crippen molar-refractivity contribution in [1.29, 1.82) is 0 Å². The smallest absolute Gasteiger partial charge is 0.143 e. The summed E-state index contributed by atoms with van der Waals surface area (Å²) in [6.07, 6.45) is 3.92. The van der Waals surface area contributed by atoms with E-state index >= 15 is 0 Å². The van der Waals surface area contributed by atoms with Crippen LogP contribution in [0.1, 0.15) is 18.5 Å². The number of nitrogens with one attached hydrogen (secondary N) is 2. The minimum atomic E-state index is 0.0751. The average Bonchev–Trinajstić information content (AvgIpc) is 2.70. The third kappa shape index (κ3) is 5.48. The van der Waals surface area contributed by atoms with Crippen LogP contribution in [0.4, 0.5) is 5.82 Å². The molecule has 3 heterocycles. The maximum absolute atomic E-state index is 12.6. The summed E-state index contributed by atoms with van der Waals surface area (Å²) >= 11 is 6.36. The van der Waals surface area contributed by atoms with Gasteiger partial charge in [-0.2, -0.15) is 0 Å². The number of methoxy groups -OCH3 is 1. The van der Waals surface area contributed by atoms with Gasteiger partial charge in [-0.05, 0) is 37.6 Å². The van der Waals surface area contributed by atoms with Crippen LogP contribution in [-0.4, -0.2) is 49.1 Å². The van der Waals surface area contributed by atoms with E-state index < -0.39 is 0 Å². The van der Waals surface area contributed by atoms with Crippen LogP contribution in [0.15, 0.2) is 30.5 Å². The van der Waals surface area contributed by atoms with Crippen molar-refractivity contribution in [1.82, 2.24) is 15.3 Å². The fourth-order valence-corrected chi connectivity index (χ4v) is 3.39. The summed E-state index contributed by atoms with van der Waals surface area (Å²) in [4.78, 5) is 21.5. The molecule has 1 fully saturated rings. The van der Waals surface area contributed by atoms with Crippen molar-refractivity contribution in [2.75, 3.05) is 38.7 Å². The largest absolute Gasteiger partial charge is 0.383 e. The SMILES string of the molecule is COCCNc1cccc(-c2cc(CC(=O)[C@@H]3CCCNC3)ncc2Cl)n1. The lowest BCUT2D eigenvalue weighted by Gasteiger charge is -2.21. The molecule has 0 aromatic carbocycles. The van der Waals surface area contributed by atoms with E-state index in [9.17, 15) is 4.79 Å². The predicted octanol–water partition coefficient (Wildman–Crippen LogP) is 2.97. The van der Waals surface area contributed by atoms with E-state index in [0.29, 0.717) is 24.6 Å². The van der Waals surface area contributed by atoms with Crippen LogP contribution in [-0.2, 0) is 16.0 Å². The van der Waals surface area contributed by atoms with E-state index in [2.05, 4.69) is 20.6 Å². The third-order valence-corrected chi connectivity index (χ3v) is 4.96. The van der Waals surface area contributed by atoms with E-state index in [1.54, 1.807) is 13.3 Å². The van der Waals surface area contributed by atoms with Crippen LogP contribution in [0.5, 0.6) is 0 Å². The molecule has 0 spiro atoms. The van der Waals surface area contributed by atoms with Gasteiger partial charge in [0.05, 0.1) is 17.3 Å². The van der Waals surface area contributed by atoms with Gasteiger partial charge in [-0.15, -0.1) is 0 Å². The topological polar surface area (TPSA) is 76.1 Å². The van der Waals surface area contributed by atoms with Gasteiger partial charge in [0.2, 0.25) is 0 Å². The average molecular weight is 389 g/mol. The number of hydrogen-bond donors (Lipinski definition) is 2. The summed E-state index contributed by atoms with van der Waals surface area (Å²) in [5.74, 6) is 1.06. The summed E-state index contributed by atoms with van der Waals surface area (Å²) in [5.41, 5.74) is 2.26. The quantitative estimate of drug-likeness (QED) is 0.677. The van der Waals surface area contributed by atoms with Gasteiger partial charge in [0.25, 0.3) is 0 Å². The molecule has 0 unspecified atom stereocenters. The van der Waals surface area contributed by atoms with Gasteiger partial charge < -0.3 is 15.4 Å². The molecule has 1 atom stereocenters. The fourth-order valence-electron chi connectivity index (χ4n) is 3.19. The second kappa shape index (κ2) is 9.78. The molecule has 0 bridgehead atoms. The van der Waals surface area contributed by atoms with E-state index in [-0.39, 0.29) is 11.7 Å². The minimum Gasteiger partial charge on any atom is -0.383 e. The lowest BCUT2D eigenvalue weighted by Crippen LogP contribution is -2.35. The molecule has 2 aromatic heterocycles. The standard InChI is InChI=1S/C20H25ClN4O2/c1-27-9-8-23-20-6-2-5-18(25-20)16-10-15(24-13-17(16)21)11-19(26)14-4-3-7-22-12-14/h2,5-6,10,13-14,22H,3-4,7-9,11-12H2,1H3,(H,23,25)/t14-/m1/s1. The Morgan fingerprint density at radius 3 is 3.11 bits per heavy atom. The molecule has 27 heavy (non-hydrogen) atoms. The zero-order valence-corrected chi connectivity index (χ0v) is 16.3. The summed E-state index contributed by atoms with van der Waals surface area (Å²) in [5, 5.41) is 7.02. The Kier molecular flexibility index (Phi) is 7.15. The van der Waals surface area contributed by atoms with E-state index in [4.69, 9.17) is 16.3 Å². The third-order valence-electron chi connectivity index (χ3n) is 4.66. The maximum Gasteiger partial charge on any atom is 0.143 e. The Bertz CT molecular complexity index is 778. The first-order valence-corrected chi connectivity index (χ1v) is 9.63. The van der Waals surface area contributed by atoms with E-state index in [0.717, 1.165) is 48.7 Å². The van der Waals surface area contributed by atoms with Crippen molar-refractivity contribution >= 4 is 23.2 Å². The van der Waals surface area contributed by atoms with Crippen molar-refractivity contribution in [2.24, 2.45) is 5.92 Å². The summed E-state index contributed by atoms with van der Waals surface area (Å²) in [6.45, 7) is 3.03. The molecule has 0 amide bonds. The Morgan fingerprint density at radius 2 is 2.33 bits per heavy atom. The van der Waals surface area contributed by atoms with Crippen LogP contribution in [0, 0.1) is 5.92 Å². The van der Waals surface area contributed by atoms with E-state index in [1.165, 1.54) is 0 Å². The predicted molar refractivity (Wildman–Crippen MR) is 107 cm³/mol. The molecule has 7 heteroatoms. The number of Topliss-reactive ketones (excluding diaryl/α,β-unsaturated/α-hetero) is 1. The Balaban J connectivity index is 1.75. The number of piperidine rings is 1. The highest BCUT2D eigenvalue weighted by Crippen LogP contribution is 2.28. The van der Waals surface area contributed by atoms with Gasteiger partial charge in [0.1, 0.15) is 11.6 Å². The second-order valence-electron chi connectivity index (χ2n) is 6.67. The van der Waals surface area contributed by atoms with Crippen molar-refractivity contribution < 1.29 is 9.53 Å². The molecule has 0 aliphatic carbocycles. The van der Waals surface area contributed by atoms with Crippen LogP contribution in [0.3, 0.4) is 0 Å². The van der Waals surface area contributed by atoms with Crippen molar-refractivity contribution in [3.63, 3.8) is 0 Å². The molecule has 2 aromatic rings. The monoisotopic (exact) mass is 388 g/mol. The highest BCUT2D eigenvalue weighted by atomic mass is 35.5. The fraction of sp³-hybridized carbons (Fsp3) is 0.450. The molecule has 6 nitrogen and oxygen atoms in total. The van der Waals surface area contributed by atoms with Crippen LogP contribution < -0.4 is 10.6 Å². The summed E-state index contributed by atoms with van der Waals surface area (Å²) in [6, 6.07) is 7.60. The zero-order valence-electron chi connectivity index (χ0n) is 15.5. The van der Waals surface area contributed by atoms with Crippen molar-refractivity contribution in [2.45, 2.75) is 19.3 Å². The number of nitrogens with zero attached hydrogens (tertiary/aromatic N) is 2. The number of ketones is 1. The minimum absolute atomic E-state index is 0.0751. The molecule has 0 radical (unpaired) electrons. The number of rotatable bonds is 8. The molecule has 1 aliphatic rings. The summed E-state index contributed by atoms with van der Waals surface area (Å²) < 4.78 is 5.04. The lowest BCUT2D eigenvalue weighted by atomic mass is 9.92. The number of halogens is 1. The first-order valence-electron chi connectivity index (χ1n) is 9.25. The van der Waals surface area contributed by atoms with Crippen LogP contribution in [0.2, 0.25) is 5.02 Å². The van der Waals surface area contributed by atoms with Crippen LogP contribution in [0.25, 0.3) is 11.3 Å². The first kappa shape index (κ1) is 19.7. The Hall–Kier alpha value is -2.02. The lowest BCUT2D eigenvalue weighted by molar-refractivity contribution is -0.122. The van der Waals surface area contributed by atoms with E-state index in [1.807, 2.05) is 24.3 Å². The van der Waals surface area contributed by atoms with Crippen molar-refractivity contribution in [3.8, 4) is 11.3 Å². The van der Waals surface area contributed by atoms with Gasteiger partial charge in [0.15, 0.2) is 0 Å². The summed E-state index contributed by atoms with van der Waals surface area (Å²) in [7, 11) is 1.66. The molecule has 1 aliphatic heterocycles.